The number of thiophene rings is 1. The number of fused-ring (bicyclic) bond motifs is 4. The Hall–Kier alpha value is -2.62. The first-order chi connectivity index (χ1) is 18.3. The van der Waals surface area contributed by atoms with Crippen LogP contribution in [0, 0.1) is 0 Å². The van der Waals surface area contributed by atoms with Crippen molar-refractivity contribution in [2.45, 2.75) is 62.8 Å². The predicted molar refractivity (Wildman–Crippen MR) is 150 cm³/mol. The molecule has 3 fully saturated rings. The van der Waals surface area contributed by atoms with E-state index in [4.69, 9.17) is 19.7 Å². The molecule has 3 aromatic rings. The molecular weight excluding hydrogens is 482 g/mol. The van der Waals surface area contributed by atoms with Crippen molar-refractivity contribution in [3.8, 4) is 0 Å². The number of hydrogen-bond donors (Lipinski definition) is 1. The van der Waals surface area contributed by atoms with Crippen molar-refractivity contribution < 1.29 is 4.74 Å². The third-order valence-corrected chi connectivity index (χ3v) is 9.85. The summed E-state index contributed by atoms with van der Waals surface area (Å²) in [4.78, 5) is 24.2. The minimum absolute atomic E-state index is 0.203. The second-order valence-electron chi connectivity index (χ2n) is 10.9. The Morgan fingerprint density at radius 2 is 1.81 bits per heavy atom. The Kier molecular flexibility index (Phi) is 6.30. The van der Waals surface area contributed by atoms with Gasteiger partial charge in [-0.05, 0) is 44.2 Å². The second kappa shape index (κ2) is 9.93. The van der Waals surface area contributed by atoms with Gasteiger partial charge in [0.05, 0.1) is 41.5 Å². The molecular formula is C28H35N7OS. The molecule has 37 heavy (non-hydrogen) atoms. The zero-order chi connectivity index (χ0) is 24.7. The van der Waals surface area contributed by atoms with Gasteiger partial charge in [-0.25, -0.2) is 19.9 Å². The average molecular weight is 518 g/mol. The summed E-state index contributed by atoms with van der Waals surface area (Å²) in [7, 11) is 0. The molecule has 2 saturated heterocycles. The molecule has 4 aliphatic rings. The first kappa shape index (κ1) is 23.5. The van der Waals surface area contributed by atoms with E-state index in [0.29, 0.717) is 12.0 Å². The van der Waals surface area contributed by atoms with Crippen molar-refractivity contribution in [3.05, 3.63) is 30.1 Å². The number of aromatic nitrogens is 3. The van der Waals surface area contributed by atoms with Gasteiger partial charge in [0, 0.05) is 49.4 Å². The van der Waals surface area contributed by atoms with Crippen LogP contribution in [0.4, 0.5) is 22.5 Å². The molecule has 0 bridgehead atoms. The van der Waals surface area contributed by atoms with Crippen molar-refractivity contribution in [3.63, 3.8) is 0 Å². The van der Waals surface area contributed by atoms with Crippen LogP contribution < -0.4 is 10.2 Å². The summed E-state index contributed by atoms with van der Waals surface area (Å²) in [6.45, 7) is 6.04. The zero-order valence-electron chi connectivity index (χ0n) is 21.4. The molecule has 1 aliphatic carbocycles. The molecule has 7 rings (SSSR count). The van der Waals surface area contributed by atoms with E-state index in [1.807, 2.05) is 18.5 Å². The smallest absolute Gasteiger partial charge is 0.228 e. The summed E-state index contributed by atoms with van der Waals surface area (Å²) in [5.74, 6) is 1.39. The molecule has 0 aromatic carbocycles. The van der Waals surface area contributed by atoms with Crippen LogP contribution >= 0.6 is 11.3 Å². The van der Waals surface area contributed by atoms with E-state index in [9.17, 15) is 0 Å². The highest BCUT2D eigenvalue weighted by Crippen LogP contribution is 2.53. The average Bonchev–Trinajstić information content (AvgIpc) is 3.34. The van der Waals surface area contributed by atoms with Crippen LogP contribution in [0.3, 0.4) is 0 Å². The van der Waals surface area contributed by atoms with Gasteiger partial charge in [0.25, 0.3) is 0 Å². The number of nitrogens with one attached hydrogen (secondary N) is 1. The van der Waals surface area contributed by atoms with E-state index in [2.05, 4.69) is 32.4 Å². The van der Waals surface area contributed by atoms with Gasteiger partial charge in [-0.15, -0.1) is 11.3 Å². The maximum absolute atomic E-state index is 5.52. The molecule has 0 unspecified atom stereocenters. The Labute approximate surface area is 222 Å². The van der Waals surface area contributed by atoms with E-state index in [1.165, 1.54) is 56.2 Å². The predicted octanol–water partition coefficient (Wildman–Crippen LogP) is 5.44. The molecule has 3 aromatic heterocycles. The Morgan fingerprint density at radius 3 is 2.59 bits per heavy atom. The van der Waals surface area contributed by atoms with Crippen LogP contribution in [0.5, 0.6) is 0 Å². The number of anilines is 3. The van der Waals surface area contributed by atoms with Crippen LogP contribution in [0.15, 0.2) is 29.5 Å². The Bertz CT molecular complexity index is 1270. The first-order valence-electron chi connectivity index (χ1n) is 13.9. The molecule has 1 N–H and O–H groups in total. The lowest BCUT2D eigenvalue weighted by Gasteiger charge is -2.40. The molecule has 1 spiro atoms. The van der Waals surface area contributed by atoms with E-state index >= 15 is 0 Å². The molecule has 6 heterocycles. The number of piperidine rings is 1. The number of morpholine rings is 1. The number of ether oxygens (including phenoxy) is 1. The van der Waals surface area contributed by atoms with Crippen molar-refractivity contribution >= 4 is 50.2 Å². The summed E-state index contributed by atoms with van der Waals surface area (Å²) in [5.41, 5.74) is 3.83. The standard InChI is InChI=1S/C28H35N7OS/c1-2-8-28(9-3-1)10-11-29-26-24(28)25-22(37-26)19-31-27(33-25)32-23-5-4-21(18-30-23)34-12-6-20(7-13-34)35-14-16-36-17-15-35/h4-5,11,18-20H,1-3,6-10,12-17H2,(H,30,31,32,33). The lowest BCUT2D eigenvalue weighted by Crippen LogP contribution is -2.49. The van der Waals surface area contributed by atoms with Crippen molar-refractivity contribution in [1.29, 1.82) is 0 Å². The van der Waals surface area contributed by atoms with Crippen LogP contribution in [0.1, 0.15) is 56.9 Å². The van der Waals surface area contributed by atoms with Crippen LogP contribution in [0.2, 0.25) is 0 Å². The van der Waals surface area contributed by atoms with Crippen LogP contribution in [-0.4, -0.2) is 71.5 Å². The number of rotatable bonds is 4. The summed E-state index contributed by atoms with van der Waals surface area (Å²) < 4.78 is 6.65. The molecule has 0 atom stereocenters. The van der Waals surface area contributed by atoms with Crippen molar-refractivity contribution in [1.82, 2.24) is 19.9 Å². The fourth-order valence-corrected chi connectivity index (χ4v) is 7.89. The molecule has 0 amide bonds. The van der Waals surface area contributed by atoms with Gasteiger partial charge in [0.15, 0.2) is 0 Å². The van der Waals surface area contributed by atoms with E-state index < -0.39 is 0 Å². The third-order valence-electron chi connectivity index (χ3n) is 8.82. The van der Waals surface area contributed by atoms with E-state index in [-0.39, 0.29) is 5.41 Å². The Balaban J connectivity index is 1.05. The topological polar surface area (TPSA) is 78.8 Å². The van der Waals surface area contributed by atoms with Crippen molar-refractivity contribution in [2.24, 2.45) is 4.99 Å². The monoisotopic (exact) mass is 517 g/mol. The molecule has 8 nitrogen and oxygen atoms in total. The van der Waals surface area contributed by atoms with Crippen LogP contribution in [-0.2, 0) is 10.2 Å². The van der Waals surface area contributed by atoms with Crippen LogP contribution in [0.25, 0.3) is 10.2 Å². The van der Waals surface area contributed by atoms with E-state index in [0.717, 1.165) is 66.8 Å². The summed E-state index contributed by atoms with van der Waals surface area (Å²) >= 11 is 1.73. The van der Waals surface area contributed by atoms with Gasteiger partial charge in [-0.2, -0.15) is 0 Å². The van der Waals surface area contributed by atoms with Gasteiger partial charge < -0.3 is 15.0 Å². The second-order valence-corrected chi connectivity index (χ2v) is 12.0. The number of aliphatic imine (C=N–C) groups is 1. The summed E-state index contributed by atoms with van der Waals surface area (Å²) in [6, 6.07) is 4.90. The maximum atomic E-state index is 5.52. The normalized spacial score (nSPS) is 22.4. The van der Waals surface area contributed by atoms with E-state index in [1.54, 1.807) is 11.3 Å². The number of nitrogens with zero attached hydrogens (tertiary/aromatic N) is 6. The van der Waals surface area contributed by atoms with Gasteiger partial charge in [0.1, 0.15) is 10.8 Å². The highest BCUT2D eigenvalue weighted by atomic mass is 32.1. The zero-order valence-corrected chi connectivity index (χ0v) is 22.2. The highest BCUT2D eigenvalue weighted by molar-refractivity contribution is 7.22. The minimum Gasteiger partial charge on any atom is -0.379 e. The molecule has 194 valence electrons. The first-order valence-corrected chi connectivity index (χ1v) is 14.7. The minimum atomic E-state index is 0.203. The lowest BCUT2D eigenvalue weighted by molar-refractivity contribution is 0.0115. The molecule has 9 heteroatoms. The lowest BCUT2D eigenvalue weighted by atomic mass is 9.67. The fraction of sp³-hybridized carbons (Fsp3) is 0.571. The third kappa shape index (κ3) is 4.51. The van der Waals surface area contributed by atoms with Gasteiger partial charge in [-0.3, -0.25) is 4.90 Å². The van der Waals surface area contributed by atoms with Gasteiger partial charge in [-0.1, -0.05) is 19.3 Å². The van der Waals surface area contributed by atoms with Gasteiger partial charge in [0.2, 0.25) is 5.95 Å². The maximum Gasteiger partial charge on any atom is 0.228 e. The number of pyridine rings is 1. The number of hydrogen-bond acceptors (Lipinski definition) is 9. The Morgan fingerprint density at radius 1 is 0.973 bits per heavy atom. The largest absolute Gasteiger partial charge is 0.379 e. The highest BCUT2D eigenvalue weighted by Gasteiger charge is 2.40. The molecule has 3 aliphatic heterocycles. The fourth-order valence-electron chi connectivity index (χ4n) is 6.79. The quantitative estimate of drug-likeness (QED) is 0.494. The molecule has 0 radical (unpaired) electrons. The van der Waals surface area contributed by atoms with Crippen molar-refractivity contribution in [2.75, 3.05) is 49.6 Å². The van der Waals surface area contributed by atoms with Gasteiger partial charge >= 0.3 is 0 Å². The summed E-state index contributed by atoms with van der Waals surface area (Å²) in [5, 5.41) is 4.49. The summed E-state index contributed by atoms with van der Waals surface area (Å²) in [6.07, 6.45) is 15.9. The molecule has 1 saturated carbocycles. The SMILES string of the molecule is C1=Nc2sc3cnc(Nc4ccc(N5CCC(N6CCOCC6)CC5)cn4)nc3c2C2(C1)CCCCC2.